The number of amides is 1. The van der Waals surface area contributed by atoms with E-state index in [1.165, 1.54) is 5.57 Å². The third-order valence-electron chi connectivity index (χ3n) is 16.1. The molecule has 1 aromatic carbocycles. The topological polar surface area (TPSA) is 110 Å². The van der Waals surface area contributed by atoms with Crippen molar-refractivity contribution in [1.29, 1.82) is 0 Å². The number of allylic oxidation sites excluding steroid dienone is 3. The van der Waals surface area contributed by atoms with Crippen molar-refractivity contribution in [3.63, 3.8) is 0 Å². The summed E-state index contributed by atoms with van der Waals surface area (Å²) in [6, 6.07) is 7.35. The number of ether oxygens (including phenoxy) is 1. The van der Waals surface area contributed by atoms with Crippen LogP contribution in [-0.4, -0.2) is 34.8 Å². The van der Waals surface area contributed by atoms with Crippen LogP contribution in [-0.2, 0) is 23.9 Å². The lowest BCUT2D eigenvalue weighted by Crippen LogP contribution is -2.65. The SMILES string of the molecule is CC(C)C1=C2[C@H]3CC[C@@H]4[C@@]5(C)CC[C@H](OC(=O)CC(C)(C)C(=O)O)C(C)(C)[C@@H]5CC[C@@]4(C)[C@]3(C)CC[C@@]2(C=CC(=O)N[C@@H](C)c2ccc(Cl)cc2)CC1=O. The monoisotopic (exact) mass is 761 g/mol. The molecule has 8 heteroatoms. The highest BCUT2D eigenvalue weighted by molar-refractivity contribution is 6.30. The first-order chi connectivity index (χ1) is 25.0. The summed E-state index contributed by atoms with van der Waals surface area (Å²) in [6.45, 7) is 21.6. The van der Waals surface area contributed by atoms with Gasteiger partial charge in [0.1, 0.15) is 6.10 Å². The highest BCUT2D eigenvalue weighted by atomic mass is 35.5. The standard InChI is InChI=1S/C46H64ClNO6/c1-27(2)38-32(49)25-46(22-19-36(50)48-28(3)29-11-13-30(47)14-12-29)24-23-44(9)31(39(38)46)15-16-34-43(8)20-18-35(54-37(51)26-41(4,5)40(52)53)42(6,7)33(43)17-21-45(34,44)10/h11-14,19,22,27-28,31,33-35H,15-18,20-21,23-26H2,1-10H3,(H,48,50)(H,52,53)/t28-,31+,33-,34+,35-,43-,44+,45+,46-/m0/s1. The Bertz CT molecular complexity index is 1760. The third-order valence-corrected chi connectivity index (χ3v) is 16.4. The molecule has 0 saturated heterocycles. The van der Waals surface area contributed by atoms with Crippen LogP contribution in [0.5, 0.6) is 0 Å². The number of rotatable bonds is 9. The molecule has 0 heterocycles. The molecule has 0 aliphatic heterocycles. The summed E-state index contributed by atoms with van der Waals surface area (Å²) in [5.74, 6) is -0.107. The van der Waals surface area contributed by atoms with Gasteiger partial charge in [-0.05, 0) is 147 Å². The fraction of sp³-hybridized carbons (Fsp3) is 0.696. The Hall–Kier alpha value is -2.93. The summed E-state index contributed by atoms with van der Waals surface area (Å²) >= 11 is 6.09. The smallest absolute Gasteiger partial charge is 0.309 e. The number of hydrogen-bond acceptors (Lipinski definition) is 5. The molecule has 7 nitrogen and oxygen atoms in total. The zero-order valence-electron chi connectivity index (χ0n) is 34.4. The maximum Gasteiger partial charge on any atom is 0.309 e. The molecule has 296 valence electrons. The fourth-order valence-corrected chi connectivity index (χ4v) is 13.1. The van der Waals surface area contributed by atoms with E-state index < -0.39 is 22.8 Å². The minimum Gasteiger partial charge on any atom is -0.481 e. The Morgan fingerprint density at radius 2 is 1.59 bits per heavy atom. The molecule has 0 aromatic heterocycles. The molecule has 6 rings (SSSR count). The summed E-state index contributed by atoms with van der Waals surface area (Å²) < 4.78 is 6.16. The second kappa shape index (κ2) is 13.9. The molecule has 5 aliphatic rings. The van der Waals surface area contributed by atoms with Crippen LogP contribution in [0.2, 0.25) is 5.02 Å². The number of carboxylic acid groups (broad SMARTS) is 1. The first kappa shape index (κ1) is 40.7. The zero-order chi connectivity index (χ0) is 39.8. The Morgan fingerprint density at radius 3 is 2.22 bits per heavy atom. The number of benzene rings is 1. The molecule has 1 aromatic rings. The third kappa shape index (κ3) is 6.50. The van der Waals surface area contributed by atoms with E-state index in [-0.39, 0.29) is 63.8 Å². The van der Waals surface area contributed by atoms with Crippen LogP contribution >= 0.6 is 11.6 Å². The van der Waals surface area contributed by atoms with E-state index >= 15 is 0 Å². The van der Waals surface area contributed by atoms with E-state index in [2.05, 4.69) is 59.9 Å². The first-order valence-electron chi connectivity index (χ1n) is 20.5. The van der Waals surface area contributed by atoms with Gasteiger partial charge in [-0.25, -0.2) is 0 Å². The number of hydrogen-bond donors (Lipinski definition) is 2. The van der Waals surface area contributed by atoms with Crippen molar-refractivity contribution in [2.45, 2.75) is 146 Å². The molecule has 54 heavy (non-hydrogen) atoms. The molecule has 4 saturated carbocycles. The summed E-state index contributed by atoms with van der Waals surface area (Å²) in [4.78, 5) is 52.3. The van der Waals surface area contributed by atoms with Crippen LogP contribution in [0.1, 0.15) is 145 Å². The van der Waals surface area contributed by atoms with Gasteiger partial charge in [-0.1, -0.05) is 78.3 Å². The van der Waals surface area contributed by atoms with Gasteiger partial charge in [0.25, 0.3) is 0 Å². The number of carbonyl (C=O) groups is 4. The number of esters is 1. The predicted octanol–water partition coefficient (Wildman–Crippen LogP) is 10.5. The Kier molecular flexibility index (Phi) is 10.5. The van der Waals surface area contributed by atoms with E-state index in [1.807, 2.05) is 31.2 Å². The highest BCUT2D eigenvalue weighted by Crippen LogP contribution is 2.77. The van der Waals surface area contributed by atoms with Gasteiger partial charge in [-0.3, -0.25) is 19.2 Å². The van der Waals surface area contributed by atoms with E-state index in [9.17, 15) is 24.3 Å². The lowest BCUT2D eigenvalue weighted by molar-refractivity contribution is -0.232. The van der Waals surface area contributed by atoms with Crippen LogP contribution < -0.4 is 5.32 Å². The quantitative estimate of drug-likeness (QED) is 0.192. The maximum absolute atomic E-state index is 14.0. The van der Waals surface area contributed by atoms with E-state index in [1.54, 1.807) is 19.9 Å². The minimum absolute atomic E-state index is 0.0114. The largest absolute Gasteiger partial charge is 0.481 e. The number of carbonyl (C=O) groups excluding carboxylic acids is 3. The molecule has 0 radical (unpaired) electrons. The van der Waals surface area contributed by atoms with Gasteiger partial charge in [-0.15, -0.1) is 0 Å². The van der Waals surface area contributed by atoms with E-state index in [4.69, 9.17) is 16.3 Å². The maximum atomic E-state index is 14.0. The van der Waals surface area contributed by atoms with Crippen molar-refractivity contribution in [3.8, 4) is 0 Å². The molecule has 0 bridgehead atoms. The van der Waals surface area contributed by atoms with Crippen molar-refractivity contribution in [3.05, 3.63) is 58.1 Å². The van der Waals surface area contributed by atoms with Gasteiger partial charge in [0.2, 0.25) is 5.91 Å². The number of carboxylic acids is 1. The van der Waals surface area contributed by atoms with Gasteiger partial charge >= 0.3 is 11.9 Å². The van der Waals surface area contributed by atoms with E-state index in [0.717, 1.165) is 62.5 Å². The molecule has 5 aliphatic carbocycles. The van der Waals surface area contributed by atoms with Crippen LogP contribution in [0.15, 0.2) is 47.6 Å². The number of aliphatic carboxylic acids is 1. The van der Waals surface area contributed by atoms with Gasteiger partial charge in [-0.2, -0.15) is 0 Å². The molecular formula is C46H64ClNO6. The normalized spacial score (nSPS) is 36.6. The van der Waals surface area contributed by atoms with Crippen molar-refractivity contribution in [2.24, 2.45) is 56.2 Å². The van der Waals surface area contributed by atoms with Crippen molar-refractivity contribution in [2.75, 3.05) is 0 Å². The molecule has 4 fully saturated rings. The van der Waals surface area contributed by atoms with Gasteiger partial charge in [0.15, 0.2) is 5.78 Å². The molecule has 9 atom stereocenters. The highest BCUT2D eigenvalue weighted by Gasteiger charge is 2.70. The lowest BCUT2D eigenvalue weighted by atomic mass is 9.33. The van der Waals surface area contributed by atoms with Crippen molar-refractivity contribution < 1.29 is 29.0 Å². The molecule has 0 unspecified atom stereocenters. The Balaban J connectivity index is 1.26. The average Bonchev–Trinajstić information content (AvgIpc) is 3.37. The Morgan fingerprint density at radius 1 is 0.926 bits per heavy atom. The zero-order valence-corrected chi connectivity index (χ0v) is 35.1. The average molecular weight is 762 g/mol. The van der Waals surface area contributed by atoms with Crippen LogP contribution in [0.25, 0.3) is 0 Å². The van der Waals surface area contributed by atoms with Crippen LogP contribution in [0.4, 0.5) is 0 Å². The number of ketones is 1. The van der Waals surface area contributed by atoms with Gasteiger partial charge < -0.3 is 15.2 Å². The molecular weight excluding hydrogens is 698 g/mol. The molecule has 0 spiro atoms. The Labute approximate surface area is 328 Å². The lowest BCUT2D eigenvalue weighted by Gasteiger charge is -2.72. The minimum atomic E-state index is -1.17. The van der Waals surface area contributed by atoms with Crippen LogP contribution in [0.3, 0.4) is 0 Å². The second-order valence-corrected chi connectivity index (χ2v) is 20.6. The molecule has 2 N–H and O–H groups in total. The number of fused-ring (bicyclic) bond motifs is 7. The van der Waals surface area contributed by atoms with Gasteiger partial charge in [0.05, 0.1) is 17.9 Å². The number of Topliss-reactive ketones (excluding diaryl/α,β-unsaturated/α-hetero) is 1. The summed E-state index contributed by atoms with van der Waals surface area (Å²) in [6.07, 6.45) is 11.7. The van der Waals surface area contributed by atoms with Crippen molar-refractivity contribution in [1.82, 2.24) is 5.32 Å². The van der Waals surface area contributed by atoms with Crippen LogP contribution in [0, 0.1) is 56.2 Å². The summed E-state index contributed by atoms with van der Waals surface area (Å²) in [5, 5.41) is 13.4. The fourth-order valence-electron chi connectivity index (χ4n) is 13.0. The second-order valence-electron chi connectivity index (χ2n) is 20.2. The first-order valence-corrected chi connectivity index (χ1v) is 20.9. The summed E-state index contributed by atoms with van der Waals surface area (Å²) in [7, 11) is 0. The summed E-state index contributed by atoms with van der Waals surface area (Å²) in [5.41, 5.74) is 1.54. The molecule has 1 amide bonds. The van der Waals surface area contributed by atoms with E-state index in [0.29, 0.717) is 23.3 Å². The number of halogens is 1. The predicted molar refractivity (Wildman–Crippen MR) is 212 cm³/mol. The van der Waals surface area contributed by atoms with Gasteiger partial charge in [0, 0.05) is 22.3 Å². The number of nitrogens with one attached hydrogen (secondary N) is 1. The van der Waals surface area contributed by atoms with Crippen molar-refractivity contribution >= 4 is 35.2 Å².